The fourth-order valence-electron chi connectivity index (χ4n) is 0.192. The van der Waals surface area contributed by atoms with E-state index < -0.39 is 24.8 Å². The number of hydrogen-bond acceptors (Lipinski definition) is 0. The average Bonchev–Trinajstić information content (AvgIpc) is 1.63. The van der Waals surface area contributed by atoms with Gasteiger partial charge < -0.3 is 0 Å². The molecule has 0 aliphatic carbocycles. The molecular weight excluding hydrogens is 127 g/mol. The van der Waals surface area contributed by atoms with Crippen LogP contribution in [0.15, 0.2) is 0 Å². The van der Waals surface area contributed by atoms with E-state index in [1.165, 1.54) is 0 Å². The molecule has 5 heteroatoms. The Balaban J connectivity index is 2.59. The van der Waals surface area contributed by atoms with Crippen molar-refractivity contribution < 1.29 is 17.6 Å². The van der Waals surface area contributed by atoms with Crippen molar-refractivity contribution in [1.29, 1.82) is 0 Å². The van der Waals surface area contributed by atoms with E-state index in [0.29, 0.717) is 0 Å². The first-order valence-electron chi connectivity index (χ1n) is 1.58. The number of alkyl halides is 4. The van der Waals surface area contributed by atoms with Crippen LogP contribution in [0.3, 0.4) is 0 Å². The molecule has 0 unspecified atom stereocenters. The van der Waals surface area contributed by atoms with E-state index >= 15 is 0 Å². The van der Waals surface area contributed by atoms with Crippen LogP contribution in [0, 0.1) is 0 Å². The molecule has 1 aliphatic heterocycles. The molecule has 0 aromatic rings. The standard InChI is InChI=1S/C2F4.Al/c3-1(4)2(5)6;/q;+1. The molecule has 0 bridgehead atoms. The van der Waals surface area contributed by atoms with Crippen LogP contribution in [0.25, 0.3) is 0 Å². The number of halogens is 4. The number of rotatable bonds is 0. The topological polar surface area (TPSA) is 0 Å². The van der Waals surface area contributed by atoms with Gasteiger partial charge in [-0.05, 0) is 0 Å². The second-order valence-corrected chi connectivity index (χ2v) is 3.13. The first kappa shape index (κ1) is 5.39. The fourth-order valence-corrected chi connectivity index (χ4v) is 0.575. The molecule has 0 N–H and O–H groups in total. The van der Waals surface area contributed by atoms with Crippen LogP contribution in [-0.2, 0) is 0 Å². The zero-order valence-corrected chi connectivity index (χ0v) is 4.24. The van der Waals surface area contributed by atoms with Crippen molar-refractivity contribution in [3.05, 3.63) is 0 Å². The van der Waals surface area contributed by atoms with Gasteiger partial charge in [0.15, 0.2) is 0 Å². The fraction of sp³-hybridized carbons (Fsp3) is 1.00. The molecule has 38 valence electrons. The predicted molar refractivity (Wildman–Crippen MR) is 15.6 cm³/mol. The third kappa shape index (κ3) is 0.644. The van der Waals surface area contributed by atoms with Gasteiger partial charge in [0.25, 0.3) is 0 Å². The van der Waals surface area contributed by atoms with Crippen molar-refractivity contribution in [1.82, 2.24) is 0 Å². The Labute approximate surface area is 43.2 Å². The molecule has 0 saturated carbocycles. The monoisotopic (exact) mass is 127 g/mol. The molecule has 0 radical (unpaired) electrons. The van der Waals surface area contributed by atoms with Crippen LogP contribution in [0.1, 0.15) is 0 Å². The molecule has 1 rings (SSSR count). The summed E-state index contributed by atoms with van der Waals surface area (Å²) in [7, 11) is 0. The van der Waals surface area contributed by atoms with E-state index in [-0.39, 0.29) is 0 Å². The van der Waals surface area contributed by atoms with E-state index in [9.17, 15) is 17.6 Å². The van der Waals surface area contributed by atoms with Crippen molar-refractivity contribution in [2.75, 3.05) is 0 Å². The molecule has 1 saturated heterocycles. The quantitative estimate of drug-likeness (QED) is 0.335. The molecule has 0 atom stereocenters. The SMILES string of the molecule is F[C]1(F)[Al+][C]1(F)F. The van der Waals surface area contributed by atoms with Gasteiger partial charge in [-0.15, -0.1) is 0 Å². The van der Waals surface area contributed by atoms with Gasteiger partial charge in [0.1, 0.15) is 0 Å². The van der Waals surface area contributed by atoms with Gasteiger partial charge >= 0.3 is 42.4 Å². The van der Waals surface area contributed by atoms with E-state index in [1.54, 1.807) is 0 Å². The third-order valence-corrected chi connectivity index (χ3v) is 1.89. The summed E-state index contributed by atoms with van der Waals surface area (Å²) in [6.07, 6.45) is 0. The number of hydrogen-bond donors (Lipinski definition) is 0. The Bertz CT molecular complexity index is 85.9. The van der Waals surface area contributed by atoms with Crippen molar-refractivity contribution in [2.24, 2.45) is 0 Å². The molecule has 0 amide bonds. The van der Waals surface area contributed by atoms with E-state index in [2.05, 4.69) is 0 Å². The second-order valence-electron chi connectivity index (χ2n) is 1.39. The Morgan fingerprint density at radius 1 is 0.857 bits per heavy atom. The minimum atomic E-state index is -3.60. The summed E-state index contributed by atoms with van der Waals surface area (Å²) in [6, 6.07) is 0. The average molecular weight is 127 g/mol. The van der Waals surface area contributed by atoms with Crippen molar-refractivity contribution in [3.63, 3.8) is 0 Å². The minimum absolute atomic E-state index is 1.91. The van der Waals surface area contributed by atoms with Crippen molar-refractivity contribution >= 4 is 15.2 Å². The zero-order valence-electron chi connectivity index (χ0n) is 3.09. The van der Waals surface area contributed by atoms with Gasteiger partial charge in [-0.3, -0.25) is 0 Å². The summed E-state index contributed by atoms with van der Waals surface area (Å²) in [5, 5.41) is 0. The Kier molecular flexibility index (Phi) is 0.756. The first-order chi connectivity index (χ1) is 2.96. The molecule has 1 aliphatic rings. The first-order valence-corrected chi connectivity index (χ1v) is 2.74. The maximum atomic E-state index is 11.2. The van der Waals surface area contributed by atoms with Gasteiger partial charge in [-0.2, -0.15) is 0 Å². The molecule has 0 aromatic carbocycles. The van der Waals surface area contributed by atoms with Gasteiger partial charge in [-0.1, -0.05) is 0 Å². The van der Waals surface area contributed by atoms with Crippen LogP contribution in [0.2, 0.25) is 0 Å². The predicted octanol–water partition coefficient (Wildman–Crippen LogP) is 0.890. The van der Waals surface area contributed by atoms with Crippen molar-refractivity contribution in [3.8, 4) is 0 Å². The molecular formula is C2AlF4+. The third-order valence-electron chi connectivity index (χ3n) is 0.724. The summed E-state index contributed by atoms with van der Waals surface area (Å²) in [5.41, 5.74) is 0. The molecule has 0 nitrogen and oxygen atoms in total. The van der Waals surface area contributed by atoms with E-state index in [4.69, 9.17) is 0 Å². The molecule has 1 heterocycles. The normalized spacial score (nSPS) is 30.3. The van der Waals surface area contributed by atoms with Crippen molar-refractivity contribution in [2.45, 2.75) is 9.57 Å². The van der Waals surface area contributed by atoms with Crippen LogP contribution in [0.4, 0.5) is 17.6 Å². The maximum absolute atomic E-state index is 11.2. The molecule has 1 fully saturated rings. The van der Waals surface area contributed by atoms with E-state index in [1.807, 2.05) is 0 Å². The Morgan fingerprint density at radius 3 is 1.00 bits per heavy atom. The summed E-state index contributed by atoms with van der Waals surface area (Å²) in [5.74, 6) is 0. The van der Waals surface area contributed by atoms with Crippen LogP contribution >= 0.6 is 0 Å². The summed E-state index contributed by atoms with van der Waals surface area (Å²) < 4.78 is 44.8. The molecule has 0 aromatic heterocycles. The van der Waals surface area contributed by atoms with E-state index in [0.717, 1.165) is 0 Å². The van der Waals surface area contributed by atoms with Crippen LogP contribution < -0.4 is 0 Å². The Morgan fingerprint density at radius 2 is 1.00 bits per heavy atom. The van der Waals surface area contributed by atoms with Gasteiger partial charge in [-0.25, -0.2) is 0 Å². The van der Waals surface area contributed by atoms with Gasteiger partial charge in [0.2, 0.25) is 0 Å². The summed E-state index contributed by atoms with van der Waals surface area (Å²) >= 11 is -1.91. The summed E-state index contributed by atoms with van der Waals surface area (Å²) in [6.45, 7) is 0. The molecule has 0 spiro atoms. The van der Waals surface area contributed by atoms with Crippen LogP contribution in [-0.4, -0.2) is 24.8 Å². The van der Waals surface area contributed by atoms with Gasteiger partial charge in [0, 0.05) is 0 Å². The zero-order chi connectivity index (χ0) is 5.71. The second kappa shape index (κ2) is 0.982. The molecule has 7 heavy (non-hydrogen) atoms. The Hall–Kier alpha value is 0.252. The van der Waals surface area contributed by atoms with Crippen LogP contribution in [0.5, 0.6) is 0 Å². The summed E-state index contributed by atoms with van der Waals surface area (Å²) in [4.78, 5) is -7.21. The van der Waals surface area contributed by atoms with Gasteiger partial charge in [0.05, 0.1) is 0 Å².